The molecule has 1 aliphatic rings. The number of benzene rings is 1. The molecule has 2 nitrogen and oxygen atoms in total. The van der Waals surface area contributed by atoms with Crippen LogP contribution in [0.5, 0.6) is 0 Å². The van der Waals surface area contributed by atoms with Crippen molar-refractivity contribution in [2.24, 2.45) is 0 Å². The van der Waals surface area contributed by atoms with Gasteiger partial charge in [0.25, 0.3) is 0 Å². The third-order valence-corrected chi connectivity index (χ3v) is 3.36. The molecule has 0 radical (unpaired) electrons. The van der Waals surface area contributed by atoms with Gasteiger partial charge < -0.3 is 4.57 Å². The number of hydrogen-bond donors (Lipinski definition) is 0. The zero-order valence-corrected chi connectivity index (χ0v) is 10.1. The number of alkyl halides is 4. The predicted molar refractivity (Wildman–Crippen MR) is 62.6 cm³/mol. The quantitative estimate of drug-likeness (QED) is 0.753. The van der Waals surface area contributed by atoms with Gasteiger partial charge in [0, 0.05) is 6.04 Å². The molecule has 0 N–H and O–H groups in total. The maximum absolute atomic E-state index is 12.6. The average Bonchev–Trinajstić information content (AvgIpc) is 3.07. The van der Waals surface area contributed by atoms with E-state index in [4.69, 9.17) is 11.6 Å². The predicted octanol–water partition coefficient (Wildman–Crippen LogP) is 4.13. The normalized spacial score (nSPS) is 16.4. The summed E-state index contributed by atoms with van der Waals surface area (Å²) in [5.74, 6) is 0.862. The van der Waals surface area contributed by atoms with E-state index >= 15 is 0 Å². The fourth-order valence-corrected chi connectivity index (χ4v) is 2.35. The third kappa shape index (κ3) is 1.86. The first-order chi connectivity index (χ1) is 8.50. The van der Waals surface area contributed by atoms with E-state index in [1.807, 2.05) is 4.57 Å². The minimum atomic E-state index is -4.33. The SMILES string of the molecule is FC(F)(F)c1ccc2c(c1)nc(CCl)n2C1CC1. The highest BCUT2D eigenvalue weighted by atomic mass is 35.5. The molecule has 0 aliphatic heterocycles. The van der Waals surface area contributed by atoms with Gasteiger partial charge in [-0.25, -0.2) is 4.98 Å². The molecule has 1 fully saturated rings. The molecule has 1 aromatic carbocycles. The Balaban J connectivity index is 2.18. The van der Waals surface area contributed by atoms with Gasteiger partial charge in [-0.2, -0.15) is 13.2 Å². The van der Waals surface area contributed by atoms with Crippen LogP contribution in [0.25, 0.3) is 11.0 Å². The smallest absolute Gasteiger partial charge is 0.324 e. The average molecular weight is 275 g/mol. The second-order valence-corrected chi connectivity index (χ2v) is 4.73. The summed E-state index contributed by atoms with van der Waals surface area (Å²) in [4.78, 5) is 4.20. The molecule has 1 aromatic heterocycles. The van der Waals surface area contributed by atoms with Crippen molar-refractivity contribution in [1.82, 2.24) is 9.55 Å². The van der Waals surface area contributed by atoms with Crippen molar-refractivity contribution in [2.75, 3.05) is 0 Å². The molecule has 0 amide bonds. The molecule has 1 aliphatic carbocycles. The lowest BCUT2D eigenvalue weighted by atomic mass is 10.2. The summed E-state index contributed by atoms with van der Waals surface area (Å²) in [6, 6.07) is 4.02. The van der Waals surface area contributed by atoms with Crippen molar-refractivity contribution in [2.45, 2.75) is 30.9 Å². The van der Waals surface area contributed by atoms with Gasteiger partial charge in [0.05, 0.1) is 22.5 Å². The molecule has 1 heterocycles. The zero-order chi connectivity index (χ0) is 12.9. The Labute approximate surface area is 106 Å². The molecule has 0 atom stereocenters. The van der Waals surface area contributed by atoms with Crippen molar-refractivity contribution < 1.29 is 13.2 Å². The van der Waals surface area contributed by atoms with Crippen molar-refractivity contribution in [1.29, 1.82) is 0 Å². The lowest BCUT2D eigenvalue weighted by Gasteiger charge is -2.07. The van der Waals surface area contributed by atoms with Crippen molar-refractivity contribution in [3.05, 3.63) is 29.6 Å². The summed E-state index contributed by atoms with van der Waals surface area (Å²) >= 11 is 5.80. The standard InChI is InChI=1S/C12H10ClF3N2/c13-6-11-17-9-5-7(12(14,15)16)1-4-10(9)18(11)8-2-3-8/h1,4-5,8H,2-3,6H2. The first-order valence-electron chi connectivity index (χ1n) is 5.64. The number of nitrogens with zero attached hydrogens (tertiary/aromatic N) is 2. The molecule has 18 heavy (non-hydrogen) atoms. The van der Waals surface area contributed by atoms with Crippen LogP contribution in [-0.4, -0.2) is 9.55 Å². The molecule has 1 saturated carbocycles. The van der Waals surface area contributed by atoms with E-state index in [-0.39, 0.29) is 5.88 Å². The van der Waals surface area contributed by atoms with Crippen LogP contribution in [0.4, 0.5) is 13.2 Å². The maximum Gasteiger partial charge on any atom is 0.416 e. The Hall–Kier alpha value is -1.23. The monoisotopic (exact) mass is 274 g/mol. The zero-order valence-electron chi connectivity index (χ0n) is 9.34. The molecule has 2 aromatic rings. The fraction of sp³-hybridized carbons (Fsp3) is 0.417. The van der Waals surface area contributed by atoms with Gasteiger partial charge in [-0.15, -0.1) is 11.6 Å². The molecule has 6 heteroatoms. The maximum atomic E-state index is 12.6. The van der Waals surface area contributed by atoms with Crippen LogP contribution >= 0.6 is 11.6 Å². The van der Waals surface area contributed by atoms with E-state index in [9.17, 15) is 13.2 Å². The van der Waals surface area contributed by atoms with Gasteiger partial charge in [-0.3, -0.25) is 0 Å². The summed E-state index contributed by atoms with van der Waals surface area (Å²) in [6.07, 6.45) is -2.26. The Morgan fingerprint density at radius 1 is 1.33 bits per heavy atom. The highest BCUT2D eigenvalue weighted by Gasteiger charge is 2.32. The minimum absolute atomic E-state index is 0.215. The number of imidazole rings is 1. The number of halogens is 4. The van der Waals surface area contributed by atoms with E-state index in [0.29, 0.717) is 17.4 Å². The van der Waals surface area contributed by atoms with E-state index in [1.165, 1.54) is 6.07 Å². The Morgan fingerprint density at radius 3 is 2.61 bits per heavy atom. The van der Waals surface area contributed by atoms with Crippen LogP contribution in [0.3, 0.4) is 0 Å². The first kappa shape index (κ1) is 11.8. The van der Waals surface area contributed by atoms with Gasteiger partial charge in [0.1, 0.15) is 5.82 Å². The number of rotatable bonds is 2. The van der Waals surface area contributed by atoms with E-state index < -0.39 is 11.7 Å². The largest absolute Gasteiger partial charge is 0.416 e. The molecule has 3 rings (SSSR count). The van der Waals surface area contributed by atoms with Crippen LogP contribution < -0.4 is 0 Å². The molecular formula is C12H10ClF3N2. The third-order valence-electron chi connectivity index (χ3n) is 3.12. The summed E-state index contributed by atoms with van der Waals surface area (Å²) < 4.78 is 39.8. The molecule has 0 bridgehead atoms. The topological polar surface area (TPSA) is 17.8 Å². The Morgan fingerprint density at radius 2 is 2.06 bits per heavy atom. The summed E-state index contributed by atoms with van der Waals surface area (Å²) in [5.41, 5.74) is 0.435. The summed E-state index contributed by atoms with van der Waals surface area (Å²) in [7, 11) is 0. The fourth-order valence-electron chi connectivity index (χ4n) is 2.16. The number of fused-ring (bicyclic) bond motifs is 1. The second-order valence-electron chi connectivity index (χ2n) is 4.46. The van der Waals surface area contributed by atoms with Gasteiger partial charge in [0.2, 0.25) is 0 Å². The van der Waals surface area contributed by atoms with Gasteiger partial charge in [-0.1, -0.05) is 0 Å². The van der Waals surface area contributed by atoms with Crippen LogP contribution in [0.1, 0.15) is 30.3 Å². The van der Waals surface area contributed by atoms with Gasteiger partial charge >= 0.3 is 6.18 Å². The first-order valence-corrected chi connectivity index (χ1v) is 6.18. The highest BCUT2D eigenvalue weighted by Crippen LogP contribution is 2.40. The van der Waals surface area contributed by atoms with Crippen molar-refractivity contribution in [3.63, 3.8) is 0 Å². The summed E-state index contributed by atoms with van der Waals surface area (Å²) in [6.45, 7) is 0. The summed E-state index contributed by atoms with van der Waals surface area (Å²) in [5, 5.41) is 0. The van der Waals surface area contributed by atoms with Gasteiger partial charge in [0.15, 0.2) is 0 Å². The Bertz CT molecular complexity index is 599. The molecule has 0 saturated heterocycles. The van der Waals surface area contributed by atoms with Crippen LogP contribution in [0, 0.1) is 0 Å². The van der Waals surface area contributed by atoms with Crippen molar-refractivity contribution in [3.8, 4) is 0 Å². The lowest BCUT2D eigenvalue weighted by molar-refractivity contribution is -0.137. The minimum Gasteiger partial charge on any atom is -0.324 e. The molecule has 96 valence electrons. The van der Waals surface area contributed by atoms with Gasteiger partial charge in [-0.05, 0) is 31.0 Å². The van der Waals surface area contributed by atoms with Crippen LogP contribution in [0.2, 0.25) is 0 Å². The van der Waals surface area contributed by atoms with Crippen LogP contribution in [-0.2, 0) is 12.1 Å². The van der Waals surface area contributed by atoms with Crippen molar-refractivity contribution >= 4 is 22.6 Å². The molecule has 0 spiro atoms. The second kappa shape index (κ2) is 3.88. The molecule has 0 unspecified atom stereocenters. The number of aromatic nitrogens is 2. The van der Waals surface area contributed by atoms with E-state index in [2.05, 4.69) is 4.98 Å². The highest BCUT2D eigenvalue weighted by molar-refractivity contribution is 6.16. The Kier molecular flexibility index (Phi) is 2.55. The lowest BCUT2D eigenvalue weighted by Crippen LogP contribution is -2.04. The molecular weight excluding hydrogens is 265 g/mol. The number of hydrogen-bond acceptors (Lipinski definition) is 1. The van der Waals surface area contributed by atoms with Crippen LogP contribution in [0.15, 0.2) is 18.2 Å². The van der Waals surface area contributed by atoms with E-state index in [0.717, 1.165) is 30.5 Å². The van der Waals surface area contributed by atoms with E-state index in [1.54, 1.807) is 0 Å².